The standard InChI is InChI=1S/C17H29N3O4/c1-10(2)13-8-17(7-12(5)19-24-17)9-20(13)15(21)14(11(3)4)18-16(22)23-6/h10-11,13-14H,7-9H2,1-6H3,(H,18,22)/t13-,14-,17-/m0/s1. The number of ether oxygens (including phenoxy) is 1. The molecule has 0 unspecified atom stereocenters. The van der Waals surface area contributed by atoms with Crippen molar-refractivity contribution in [2.24, 2.45) is 17.0 Å². The fraction of sp³-hybridized carbons (Fsp3) is 0.824. The van der Waals surface area contributed by atoms with Gasteiger partial charge >= 0.3 is 6.09 Å². The number of alkyl carbamates (subject to hydrolysis) is 1. The number of amides is 2. The molecule has 3 atom stereocenters. The zero-order valence-corrected chi connectivity index (χ0v) is 15.5. The number of rotatable bonds is 4. The molecule has 2 heterocycles. The molecule has 2 aliphatic rings. The first-order valence-electron chi connectivity index (χ1n) is 8.55. The van der Waals surface area contributed by atoms with Crippen molar-refractivity contribution < 1.29 is 19.2 Å². The third-order valence-corrected chi connectivity index (χ3v) is 4.86. The third-order valence-electron chi connectivity index (χ3n) is 4.86. The predicted molar refractivity (Wildman–Crippen MR) is 90.7 cm³/mol. The van der Waals surface area contributed by atoms with Crippen molar-refractivity contribution >= 4 is 17.7 Å². The van der Waals surface area contributed by atoms with Crippen LogP contribution in [0.3, 0.4) is 0 Å². The van der Waals surface area contributed by atoms with Crippen LogP contribution in [-0.2, 0) is 14.4 Å². The van der Waals surface area contributed by atoms with Crippen molar-refractivity contribution in [1.29, 1.82) is 0 Å². The van der Waals surface area contributed by atoms with Gasteiger partial charge in [0.05, 0.1) is 19.4 Å². The quantitative estimate of drug-likeness (QED) is 0.851. The average molecular weight is 339 g/mol. The zero-order chi connectivity index (χ0) is 18.1. The van der Waals surface area contributed by atoms with Crippen molar-refractivity contribution in [3.05, 3.63) is 0 Å². The molecular formula is C17H29N3O4. The van der Waals surface area contributed by atoms with E-state index in [2.05, 4.69) is 29.1 Å². The number of oxime groups is 1. The molecule has 0 aliphatic carbocycles. The maximum atomic E-state index is 13.1. The minimum Gasteiger partial charge on any atom is -0.453 e. The summed E-state index contributed by atoms with van der Waals surface area (Å²) in [5.74, 6) is 0.173. The summed E-state index contributed by atoms with van der Waals surface area (Å²) < 4.78 is 4.66. The highest BCUT2D eigenvalue weighted by Gasteiger charge is 2.52. The summed E-state index contributed by atoms with van der Waals surface area (Å²) >= 11 is 0. The van der Waals surface area contributed by atoms with E-state index >= 15 is 0 Å². The molecule has 1 saturated heterocycles. The van der Waals surface area contributed by atoms with E-state index in [0.717, 1.165) is 18.6 Å². The van der Waals surface area contributed by atoms with E-state index in [1.54, 1.807) is 0 Å². The first-order valence-corrected chi connectivity index (χ1v) is 8.55. The highest BCUT2D eigenvalue weighted by molar-refractivity contribution is 5.87. The summed E-state index contributed by atoms with van der Waals surface area (Å²) in [6, 6.07) is -0.545. The lowest BCUT2D eigenvalue weighted by atomic mass is 9.91. The Kier molecular flexibility index (Phi) is 5.40. The second kappa shape index (κ2) is 6.99. The number of likely N-dealkylation sites (tertiary alicyclic amines) is 1. The van der Waals surface area contributed by atoms with Gasteiger partial charge in [0.1, 0.15) is 6.04 Å². The van der Waals surface area contributed by atoms with Crippen LogP contribution >= 0.6 is 0 Å². The van der Waals surface area contributed by atoms with Crippen LogP contribution in [0.25, 0.3) is 0 Å². The first-order chi connectivity index (χ1) is 11.2. The average Bonchev–Trinajstić information content (AvgIpc) is 3.07. The lowest BCUT2D eigenvalue weighted by Crippen LogP contribution is -2.53. The van der Waals surface area contributed by atoms with Crippen LogP contribution in [0, 0.1) is 11.8 Å². The molecule has 0 aromatic rings. The Labute approximate surface area is 143 Å². The molecule has 2 rings (SSSR count). The van der Waals surface area contributed by atoms with Crippen LogP contribution in [0.4, 0.5) is 4.79 Å². The van der Waals surface area contributed by atoms with E-state index in [0.29, 0.717) is 12.5 Å². The Bertz CT molecular complexity index is 532. The van der Waals surface area contributed by atoms with Gasteiger partial charge in [-0.05, 0) is 18.8 Å². The smallest absolute Gasteiger partial charge is 0.407 e. The van der Waals surface area contributed by atoms with Gasteiger partial charge < -0.3 is 19.8 Å². The molecular weight excluding hydrogens is 310 g/mol. The number of hydrogen-bond donors (Lipinski definition) is 1. The Hall–Kier alpha value is -1.79. The van der Waals surface area contributed by atoms with Crippen molar-refractivity contribution in [2.45, 2.75) is 65.1 Å². The van der Waals surface area contributed by atoms with Crippen molar-refractivity contribution in [3.63, 3.8) is 0 Å². The van der Waals surface area contributed by atoms with Gasteiger partial charge in [-0.25, -0.2) is 4.79 Å². The molecule has 7 heteroatoms. The van der Waals surface area contributed by atoms with E-state index in [-0.39, 0.29) is 17.9 Å². The molecule has 1 fully saturated rings. The minimum absolute atomic E-state index is 0.0385. The first kappa shape index (κ1) is 18.5. The number of hydrogen-bond acceptors (Lipinski definition) is 5. The van der Waals surface area contributed by atoms with E-state index in [4.69, 9.17) is 4.84 Å². The van der Waals surface area contributed by atoms with Crippen molar-refractivity contribution in [3.8, 4) is 0 Å². The molecule has 136 valence electrons. The van der Waals surface area contributed by atoms with Gasteiger partial charge in [0.2, 0.25) is 5.91 Å². The Morgan fingerprint density at radius 3 is 2.50 bits per heavy atom. The van der Waals surface area contributed by atoms with Crippen LogP contribution in [-0.4, -0.2) is 54.0 Å². The predicted octanol–water partition coefficient (Wildman–Crippen LogP) is 2.16. The molecule has 1 N–H and O–H groups in total. The van der Waals surface area contributed by atoms with E-state index in [1.165, 1.54) is 7.11 Å². The molecule has 1 spiro atoms. The fourth-order valence-electron chi connectivity index (χ4n) is 3.60. The maximum absolute atomic E-state index is 13.1. The zero-order valence-electron chi connectivity index (χ0n) is 15.5. The summed E-state index contributed by atoms with van der Waals surface area (Å²) in [4.78, 5) is 32.3. The summed E-state index contributed by atoms with van der Waals surface area (Å²) in [6.07, 6.45) is 0.921. The number of nitrogens with zero attached hydrogens (tertiary/aromatic N) is 2. The summed E-state index contributed by atoms with van der Waals surface area (Å²) in [5.41, 5.74) is 0.543. The monoisotopic (exact) mass is 339 g/mol. The van der Waals surface area contributed by atoms with Gasteiger partial charge in [-0.15, -0.1) is 0 Å². The van der Waals surface area contributed by atoms with Crippen LogP contribution < -0.4 is 5.32 Å². The van der Waals surface area contributed by atoms with Gasteiger partial charge in [0.25, 0.3) is 0 Å². The minimum atomic E-state index is -0.614. The van der Waals surface area contributed by atoms with E-state index in [9.17, 15) is 9.59 Å². The SMILES string of the molecule is COC(=O)N[C@H](C(=O)N1C[C@]2(CC(C)=NO2)C[C@H]1C(C)C)C(C)C. The van der Waals surface area contributed by atoms with Gasteiger partial charge in [0.15, 0.2) is 5.60 Å². The topological polar surface area (TPSA) is 80.2 Å². The normalized spacial score (nSPS) is 27.4. The number of carbonyl (C=O) groups excluding carboxylic acids is 2. The molecule has 0 aromatic heterocycles. The number of carbonyl (C=O) groups is 2. The largest absolute Gasteiger partial charge is 0.453 e. The Morgan fingerprint density at radius 2 is 2.04 bits per heavy atom. The number of nitrogens with one attached hydrogen (secondary N) is 1. The highest BCUT2D eigenvalue weighted by Crippen LogP contribution is 2.40. The van der Waals surface area contributed by atoms with Crippen molar-refractivity contribution in [1.82, 2.24) is 10.2 Å². The molecule has 0 saturated carbocycles. The highest BCUT2D eigenvalue weighted by atomic mass is 16.7. The van der Waals surface area contributed by atoms with Crippen molar-refractivity contribution in [2.75, 3.05) is 13.7 Å². The lowest BCUT2D eigenvalue weighted by Gasteiger charge is -2.32. The Morgan fingerprint density at radius 1 is 1.38 bits per heavy atom. The molecule has 7 nitrogen and oxygen atoms in total. The van der Waals surface area contributed by atoms with Crippen LogP contribution in [0.15, 0.2) is 5.16 Å². The molecule has 0 aromatic carbocycles. The summed E-state index contributed by atoms with van der Waals surface area (Å²) in [6.45, 7) is 10.5. The molecule has 0 bridgehead atoms. The maximum Gasteiger partial charge on any atom is 0.407 e. The molecule has 2 aliphatic heterocycles. The van der Waals surface area contributed by atoms with E-state index < -0.39 is 17.7 Å². The van der Waals surface area contributed by atoms with Crippen LogP contribution in [0.2, 0.25) is 0 Å². The third kappa shape index (κ3) is 3.65. The second-order valence-electron chi connectivity index (χ2n) is 7.62. The van der Waals surface area contributed by atoms with Gasteiger partial charge in [0, 0.05) is 18.9 Å². The van der Waals surface area contributed by atoms with Gasteiger partial charge in [-0.3, -0.25) is 4.79 Å². The second-order valence-corrected chi connectivity index (χ2v) is 7.62. The van der Waals surface area contributed by atoms with Crippen LogP contribution in [0.5, 0.6) is 0 Å². The van der Waals surface area contributed by atoms with Gasteiger partial charge in [-0.1, -0.05) is 32.9 Å². The molecule has 2 amide bonds. The van der Waals surface area contributed by atoms with Crippen LogP contribution in [0.1, 0.15) is 47.5 Å². The molecule has 24 heavy (non-hydrogen) atoms. The number of methoxy groups -OCH3 is 1. The summed E-state index contributed by atoms with van der Waals surface area (Å²) in [5, 5.41) is 6.76. The van der Waals surface area contributed by atoms with Gasteiger partial charge in [-0.2, -0.15) is 0 Å². The molecule has 0 radical (unpaired) electrons. The Balaban J connectivity index is 2.20. The fourth-order valence-corrected chi connectivity index (χ4v) is 3.60. The lowest BCUT2D eigenvalue weighted by molar-refractivity contribution is -0.137. The summed E-state index contributed by atoms with van der Waals surface area (Å²) in [7, 11) is 1.30. The van der Waals surface area contributed by atoms with E-state index in [1.807, 2.05) is 25.7 Å².